The Balaban J connectivity index is 1.96. The van der Waals surface area contributed by atoms with Gasteiger partial charge in [-0.3, -0.25) is 9.69 Å². The predicted molar refractivity (Wildman–Crippen MR) is 165 cm³/mol. The Bertz CT molecular complexity index is 1560. The molecular formula is C33H35N3O4S. The van der Waals surface area contributed by atoms with Crippen molar-refractivity contribution < 1.29 is 19.1 Å². The summed E-state index contributed by atoms with van der Waals surface area (Å²) >= 11 is 1.55. The van der Waals surface area contributed by atoms with Crippen LogP contribution in [0.1, 0.15) is 31.9 Å². The maximum Gasteiger partial charge on any atom is 0.335 e. The third kappa shape index (κ3) is 4.23. The summed E-state index contributed by atoms with van der Waals surface area (Å²) in [6.45, 7) is 10.3. The Hall–Kier alpha value is -4.04. The lowest BCUT2D eigenvalue weighted by atomic mass is 9.80. The molecule has 0 aliphatic carbocycles. The average molecular weight is 570 g/mol. The molecule has 1 saturated heterocycles. The number of aryl methyl sites for hydroxylation is 2. The highest BCUT2D eigenvalue weighted by atomic mass is 32.2. The second-order valence-electron chi connectivity index (χ2n) is 10.5. The molecule has 2 atom stereocenters. The zero-order valence-corrected chi connectivity index (χ0v) is 25.3. The number of anilines is 2. The molecule has 0 radical (unpaired) electrons. The molecule has 0 unspecified atom stereocenters. The minimum Gasteiger partial charge on any atom is -0.468 e. The van der Waals surface area contributed by atoms with Crippen LogP contribution in [0.4, 0.5) is 17.1 Å². The zero-order chi connectivity index (χ0) is 29.5. The fourth-order valence-electron chi connectivity index (χ4n) is 5.91. The van der Waals surface area contributed by atoms with E-state index in [1.807, 2.05) is 92.4 Å². The Morgan fingerprint density at radius 1 is 0.902 bits per heavy atom. The summed E-state index contributed by atoms with van der Waals surface area (Å²) in [5, 5.41) is 0. The van der Waals surface area contributed by atoms with Gasteiger partial charge in [0.15, 0.2) is 10.3 Å². The molecule has 41 heavy (non-hydrogen) atoms. The predicted octanol–water partition coefficient (Wildman–Crippen LogP) is 6.81. The van der Waals surface area contributed by atoms with E-state index >= 15 is 0 Å². The summed E-state index contributed by atoms with van der Waals surface area (Å²) in [4.78, 5) is 36.9. The van der Waals surface area contributed by atoms with Crippen molar-refractivity contribution in [3.63, 3.8) is 0 Å². The van der Waals surface area contributed by atoms with Gasteiger partial charge >= 0.3 is 11.9 Å². The largest absolute Gasteiger partial charge is 0.468 e. The van der Waals surface area contributed by atoms with Crippen LogP contribution in [0.5, 0.6) is 0 Å². The van der Waals surface area contributed by atoms with Crippen molar-refractivity contribution in [2.75, 3.05) is 30.6 Å². The molecule has 1 fully saturated rings. The van der Waals surface area contributed by atoms with Crippen LogP contribution in [0.2, 0.25) is 0 Å². The number of esters is 2. The quantitative estimate of drug-likeness (QED) is 0.247. The number of ether oxygens (including phenoxy) is 2. The molecule has 3 aromatic carbocycles. The SMILES string of the molecule is CCN1c2ccccc2S[C@]12/C(=C(/C)C(=O)OC)N(c1ccc(C)cc1)C(=Nc1ccc(C)cc1)[C@]2(C)C(=O)OC. The molecule has 0 saturated carbocycles. The smallest absolute Gasteiger partial charge is 0.335 e. The summed E-state index contributed by atoms with van der Waals surface area (Å²) in [5.41, 5.74) is 4.28. The van der Waals surface area contributed by atoms with Crippen LogP contribution in [0.25, 0.3) is 0 Å². The number of hydrogen-bond acceptors (Lipinski definition) is 7. The molecule has 7 nitrogen and oxygen atoms in total. The first-order valence-electron chi connectivity index (χ1n) is 13.6. The molecule has 212 valence electrons. The minimum atomic E-state index is -1.36. The maximum atomic E-state index is 14.3. The molecule has 3 aromatic rings. The van der Waals surface area contributed by atoms with Gasteiger partial charge in [0.25, 0.3) is 0 Å². The van der Waals surface area contributed by atoms with Crippen LogP contribution in [0, 0.1) is 19.3 Å². The van der Waals surface area contributed by atoms with Crippen LogP contribution in [0.3, 0.4) is 0 Å². The number of likely N-dealkylation sites (N-methyl/N-ethyl adjacent to an activating group) is 1. The number of carbonyl (C=O) groups excluding carboxylic acids is 2. The van der Waals surface area contributed by atoms with E-state index < -0.39 is 22.2 Å². The highest BCUT2D eigenvalue weighted by Crippen LogP contribution is 2.67. The number of nitrogens with zero attached hydrogens (tertiary/aromatic N) is 3. The number of hydrogen-bond donors (Lipinski definition) is 0. The zero-order valence-electron chi connectivity index (χ0n) is 24.5. The van der Waals surface area contributed by atoms with Crippen LogP contribution >= 0.6 is 11.8 Å². The van der Waals surface area contributed by atoms with E-state index in [4.69, 9.17) is 14.5 Å². The molecule has 2 aliphatic rings. The van der Waals surface area contributed by atoms with Gasteiger partial charge in [-0.1, -0.05) is 59.3 Å². The van der Waals surface area contributed by atoms with Crippen molar-refractivity contribution in [1.29, 1.82) is 0 Å². The number of para-hydroxylation sites is 1. The van der Waals surface area contributed by atoms with Crippen molar-refractivity contribution in [2.24, 2.45) is 10.4 Å². The van der Waals surface area contributed by atoms with Gasteiger partial charge in [0.1, 0.15) is 5.84 Å². The van der Waals surface area contributed by atoms with Crippen LogP contribution in [-0.2, 0) is 19.1 Å². The highest BCUT2D eigenvalue weighted by Gasteiger charge is 2.73. The highest BCUT2D eigenvalue weighted by molar-refractivity contribution is 8.01. The van der Waals surface area contributed by atoms with Crippen LogP contribution in [0.15, 0.2) is 94.0 Å². The van der Waals surface area contributed by atoms with Gasteiger partial charge in [0.05, 0.1) is 36.9 Å². The molecular weight excluding hydrogens is 534 g/mol. The molecule has 2 aliphatic heterocycles. The molecule has 1 spiro atoms. The number of benzene rings is 3. The van der Waals surface area contributed by atoms with E-state index in [1.165, 1.54) is 14.2 Å². The number of amidine groups is 1. The lowest BCUT2D eigenvalue weighted by molar-refractivity contribution is -0.148. The normalized spacial score (nSPS) is 23.6. The maximum absolute atomic E-state index is 14.3. The molecule has 2 heterocycles. The second-order valence-corrected chi connectivity index (χ2v) is 11.7. The first kappa shape index (κ1) is 28.5. The molecule has 8 heteroatoms. The topological polar surface area (TPSA) is 71.4 Å². The first-order chi connectivity index (χ1) is 19.6. The molecule has 0 bridgehead atoms. The van der Waals surface area contributed by atoms with Crippen molar-refractivity contribution >= 4 is 46.6 Å². The van der Waals surface area contributed by atoms with Crippen molar-refractivity contribution in [3.8, 4) is 0 Å². The number of carbonyl (C=O) groups is 2. The van der Waals surface area contributed by atoms with Gasteiger partial charge in [-0.05, 0) is 71.0 Å². The summed E-state index contributed by atoms with van der Waals surface area (Å²) in [5.74, 6) is -0.464. The van der Waals surface area contributed by atoms with Crippen LogP contribution < -0.4 is 9.80 Å². The van der Waals surface area contributed by atoms with Gasteiger partial charge in [-0.2, -0.15) is 0 Å². The fourth-order valence-corrected chi connectivity index (χ4v) is 7.72. The number of aliphatic imine (C=N–C) groups is 1. The van der Waals surface area contributed by atoms with E-state index in [2.05, 4.69) is 17.9 Å². The third-order valence-electron chi connectivity index (χ3n) is 7.99. The summed E-state index contributed by atoms with van der Waals surface area (Å²) < 4.78 is 10.9. The lowest BCUT2D eigenvalue weighted by Gasteiger charge is -2.44. The summed E-state index contributed by atoms with van der Waals surface area (Å²) in [6, 6.07) is 23.9. The Morgan fingerprint density at radius 2 is 1.51 bits per heavy atom. The van der Waals surface area contributed by atoms with Crippen molar-refractivity contribution in [1.82, 2.24) is 0 Å². The van der Waals surface area contributed by atoms with Crippen molar-refractivity contribution in [2.45, 2.75) is 44.4 Å². The van der Waals surface area contributed by atoms with Crippen molar-refractivity contribution in [3.05, 3.63) is 95.2 Å². The Kier molecular flexibility index (Phi) is 7.46. The first-order valence-corrected chi connectivity index (χ1v) is 14.4. The standard InChI is InChI=1S/C33H35N3O4S/c1-8-35-26-11-9-10-12-27(26)41-33(35)28(23(4)29(37)39-6)36(25-19-15-22(3)16-20-25)30(32(33,5)31(38)40-7)34-24-17-13-21(2)14-18-24/h9-20H,8H2,1-7H3/b28-23+,34-30?/t32-,33+/m1/s1. The number of methoxy groups -OCH3 is 2. The number of thioether (sulfide) groups is 1. The van der Waals surface area contributed by atoms with Crippen LogP contribution in [-0.4, -0.2) is 43.4 Å². The number of fused-ring (bicyclic) bond motifs is 1. The Morgan fingerprint density at radius 3 is 2.10 bits per heavy atom. The fraction of sp³-hybridized carbons (Fsp3) is 0.303. The minimum absolute atomic E-state index is 0.385. The van der Waals surface area contributed by atoms with Gasteiger partial charge in [0, 0.05) is 17.1 Å². The molecule has 5 rings (SSSR count). The molecule has 0 N–H and O–H groups in total. The summed E-state index contributed by atoms with van der Waals surface area (Å²) in [7, 11) is 2.78. The molecule has 0 aromatic heterocycles. The Labute approximate surface area is 245 Å². The third-order valence-corrected chi connectivity index (χ3v) is 9.68. The van der Waals surface area contributed by atoms with E-state index in [-0.39, 0.29) is 0 Å². The molecule has 0 amide bonds. The van der Waals surface area contributed by atoms with Gasteiger partial charge in [0.2, 0.25) is 0 Å². The lowest BCUT2D eigenvalue weighted by Crippen LogP contribution is -2.59. The van der Waals surface area contributed by atoms with E-state index in [0.29, 0.717) is 29.3 Å². The van der Waals surface area contributed by atoms with E-state index in [0.717, 1.165) is 27.4 Å². The second kappa shape index (κ2) is 10.7. The van der Waals surface area contributed by atoms with E-state index in [1.54, 1.807) is 18.7 Å². The monoisotopic (exact) mass is 569 g/mol. The van der Waals surface area contributed by atoms with Gasteiger partial charge in [-0.15, -0.1) is 0 Å². The van der Waals surface area contributed by atoms with Gasteiger partial charge < -0.3 is 14.4 Å². The average Bonchev–Trinajstić information content (AvgIpc) is 3.43. The van der Waals surface area contributed by atoms with Gasteiger partial charge in [-0.25, -0.2) is 9.79 Å². The van der Waals surface area contributed by atoms with E-state index in [9.17, 15) is 9.59 Å². The number of rotatable bonds is 5. The summed E-state index contributed by atoms with van der Waals surface area (Å²) in [6.07, 6.45) is 0.